The van der Waals surface area contributed by atoms with Gasteiger partial charge in [-0.05, 0) is 43.7 Å². The SMILES string of the molecule is CCOC(=O)C1=C(C)Nc2nc(-c3cccnc3)nn2C1c1ccc(C#N)cc1. The van der Waals surface area contributed by atoms with Gasteiger partial charge in [-0.25, -0.2) is 9.48 Å². The number of nitriles is 1. The lowest BCUT2D eigenvalue weighted by Crippen LogP contribution is -2.29. The number of pyridine rings is 1. The summed E-state index contributed by atoms with van der Waals surface area (Å²) in [7, 11) is 0. The molecule has 1 aliphatic heterocycles. The zero-order valence-corrected chi connectivity index (χ0v) is 16.0. The van der Waals surface area contributed by atoms with E-state index in [0.717, 1.165) is 11.1 Å². The predicted octanol–water partition coefficient (Wildman–Crippen LogP) is 3.06. The number of hydrogen-bond donors (Lipinski definition) is 1. The first-order chi connectivity index (χ1) is 14.1. The maximum Gasteiger partial charge on any atom is 0.338 e. The van der Waals surface area contributed by atoms with E-state index in [1.807, 2.05) is 31.2 Å². The molecule has 3 heterocycles. The van der Waals surface area contributed by atoms with E-state index in [4.69, 9.17) is 10.00 Å². The molecule has 29 heavy (non-hydrogen) atoms. The number of aromatic nitrogens is 4. The molecule has 8 heteroatoms. The van der Waals surface area contributed by atoms with Crippen LogP contribution in [-0.2, 0) is 9.53 Å². The van der Waals surface area contributed by atoms with E-state index in [9.17, 15) is 4.79 Å². The Hall–Kier alpha value is -3.99. The van der Waals surface area contributed by atoms with Crippen molar-refractivity contribution in [1.82, 2.24) is 19.7 Å². The topological polar surface area (TPSA) is 106 Å². The highest BCUT2D eigenvalue weighted by Crippen LogP contribution is 2.36. The molecular weight excluding hydrogens is 368 g/mol. The van der Waals surface area contributed by atoms with Crippen molar-refractivity contribution in [3.8, 4) is 17.5 Å². The number of nitrogens with zero attached hydrogens (tertiary/aromatic N) is 5. The zero-order valence-electron chi connectivity index (χ0n) is 16.0. The highest BCUT2D eigenvalue weighted by molar-refractivity contribution is 5.92. The monoisotopic (exact) mass is 386 g/mol. The van der Waals surface area contributed by atoms with Gasteiger partial charge < -0.3 is 10.1 Å². The lowest BCUT2D eigenvalue weighted by atomic mass is 9.95. The highest BCUT2D eigenvalue weighted by atomic mass is 16.5. The van der Waals surface area contributed by atoms with E-state index < -0.39 is 12.0 Å². The highest BCUT2D eigenvalue weighted by Gasteiger charge is 2.35. The second-order valence-electron chi connectivity index (χ2n) is 6.47. The quantitative estimate of drug-likeness (QED) is 0.687. The van der Waals surface area contributed by atoms with Crippen LogP contribution < -0.4 is 5.32 Å². The summed E-state index contributed by atoms with van der Waals surface area (Å²) >= 11 is 0. The van der Waals surface area contributed by atoms with Gasteiger partial charge in [-0.2, -0.15) is 10.2 Å². The molecule has 8 nitrogen and oxygen atoms in total. The number of hydrogen-bond acceptors (Lipinski definition) is 7. The number of rotatable bonds is 4. The average Bonchev–Trinajstić information content (AvgIpc) is 3.17. The summed E-state index contributed by atoms with van der Waals surface area (Å²) in [6.45, 7) is 3.84. The van der Waals surface area contributed by atoms with Gasteiger partial charge >= 0.3 is 5.97 Å². The minimum atomic E-state index is -0.532. The summed E-state index contributed by atoms with van der Waals surface area (Å²) in [4.78, 5) is 21.5. The van der Waals surface area contributed by atoms with Crippen molar-refractivity contribution < 1.29 is 9.53 Å². The van der Waals surface area contributed by atoms with Gasteiger partial charge in [0.1, 0.15) is 6.04 Å². The van der Waals surface area contributed by atoms with Gasteiger partial charge in [0.05, 0.1) is 23.8 Å². The van der Waals surface area contributed by atoms with Crippen LogP contribution in [0.4, 0.5) is 5.95 Å². The molecule has 1 N–H and O–H groups in total. The number of esters is 1. The Balaban J connectivity index is 1.86. The summed E-state index contributed by atoms with van der Waals surface area (Å²) in [6.07, 6.45) is 3.37. The molecule has 0 saturated heterocycles. The Morgan fingerprint density at radius 3 is 2.76 bits per heavy atom. The molecule has 0 bridgehead atoms. The first-order valence-corrected chi connectivity index (χ1v) is 9.14. The molecule has 4 rings (SSSR count). The normalized spacial score (nSPS) is 15.3. The molecule has 0 radical (unpaired) electrons. The molecule has 1 aromatic carbocycles. The molecule has 0 saturated carbocycles. The number of carbonyl (C=O) groups is 1. The van der Waals surface area contributed by atoms with Crippen molar-refractivity contribution in [1.29, 1.82) is 5.26 Å². The van der Waals surface area contributed by atoms with Crippen molar-refractivity contribution in [2.75, 3.05) is 11.9 Å². The molecule has 0 fully saturated rings. The van der Waals surface area contributed by atoms with E-state index in [1.165, 1.54) is 0 Å². The molecule has 0 aliphatic carbocycles. The smallest absolute Gasteiger partial charge is 0.338 e. The van der Waals surface area contributed by atoms with Gasteiger partial charge in [0.15, 0.2) is 5.82 Å². The van der Waals surface area contributed by atoms with Crippen molar-refractivity contribution in [3.05, 3.63) is 71.2 Å². The Morgan fingerprint density at radius 1 is 1.31 bits per heavy atom. The fraction of sp³-hybridized carbons (Fsp3) is 0.190. The number of carbonyl (C=O) groups excluding carboxylic acids is 1. The standard InChI is InChI=1S/C21H18N6O2/c1-3-29-20(28)17-13(2)24-21-25-19(16-5-4-10-23-12-16)26-27(21)18(17)15-8-6-14(11-22)7-9-15/h4-10,12,18H,3H2,1-2H3,(H,24,25,26). The van der Waals surface area contributed by atoms with Gasteiger partial charge in [0, 0.05) is 23.7 Å². The lowest BCUT2D eigenvalue weighted by Gasteiger charge is -2.28. The fourth-order valence-corrected chi connectivity index (χ4v) is 3.29. The second-order valence-corrected chi connectivity index (χ2v) is 6.47. The molecule has 1 aliphatic rings. The molecule has 144 valence electrons. The second kappa shape index (κ2) is 7.56. The van der Waals surface area contributed by atoms with Crippen molar-refractivity contribution >= 4 is 11.9 Å². The number of fused-ring (bicyclic) bond motifs is 1. The molecular formula is C21H18N6O2. The van der Waals surface area contributed by atoms with Crippen LogP contribution in [0.5, 0.6) is 0 Å². The van der Waals surface area contributed by atoms with Crippen LogP contribution >= 0.6 is 0 Å². The Kier molecular flexibility index (Phi) is 4.79. The van der Waals surface area contributed by atoms with Crippen LogP contribution in [0.2, 0.25) is 0 Å². The zero-order chi connectivity index (χ0) is 20.4. The van der Waals surface area contributed by atoms with Crippen LogP contribution in [0.3, 0.4) is 0 Å². The summed E-state index contributed by atoms with van der Waals surface area (Å²) in [5, 5.41) is 16.9. The molecule has 0 spiro atoms. The summed E-state index contributed by atoms with van der Waals surface area (Å²) in [5.41, 5.74) is 3.21. The summed E-state index contributed by atoms with van der Waals surface area (Å²) < 4.78 is 6.96. The third kappa shape index (κ3) is 3.34. The molecule has 1 atom stereocenters. The third-order valence-electron chi connectivity index (χ3n) is 4.62. The number of ether oxygens (including phenoxy) is 1. The fourth-order valence-electron chi connectivity index (χ4n) is 3.29. The summed E-state index contributed by atoms with van der Waals surface area (Å²) in [6, 6.07) is 12.3. The number of allylic oxidation sites excluding steroid dienone is 1. The van der Waals surface area contributed by atoms with Crippen LogP contribution in [-0.4, -0.2) is 32.3 Å². The van der Waals surface area contributed by atoms with E-state index in [-0.39, 0.29) is 6.61 Å². The van der Waals surface area contributed by atoms with Crippen LogP contribution in [0.25, 0.3) is 11.4 Å². The Morgan fingerprint density at radius 2 is 2.10 bits per heavy atom. The first kappa shape index (κ1) is 18.4. The predicted molar refractivity (Wildman–Crippen MR) is 106 cm³/mol. The van der Waals surface area contributed by atoms with Crippen molar-refractivity contribution in [3.63, 3.8) is 0 Å². The lowest BCUT2D eigenvalue weighted by molar-refractivity contribution is -0.139. The molecule has 2 aromatic heterocycles. The van der Waals surface area contributed by atoms with Crippen LogP contribution in [0.1, 0.15) is 31.0 Å². The molecule has 3 aromatic rings. The first-order valence-electron chi connectivity index (χ1n) is 9.14. The number of anilines is 1. The molecule has 1 unspecified atom stereocenters. The van der Waals surface area contributed by atoms with Crippen molar-refractivity contribution in [2.24, 2.45) is 0 Å². The van der Waals surface area contributed by atoms with Gasteiger partial charge in [-0.3, -0.25) is 4.98 Å². The summed E-state index contributed by atoms with van der Waals surface area (Å²) in [5.74, 6) is 0.594. The Bertz CT molecular complexity index is 1130. The van der Waals surface area contributed by atoms with E-state index >= 15 is 0 Å². The average molecular weight is 386 g/mol. The maximum atomic E-state index is 12.8. The van der Waals surface area contributed by atoms with Gasteiger partial charge in [-0.15, -0.1) is 5.10 Å². The van der Waals surface area contributed by atoms with Crippen LogP contribution in [0, 0.1) is 11.3 Å². The van der Waals surface area contributed by atoms with Crippen LogP contribution in [0.15, 0.2) is 60.1 Å². The number of benzene rings is 1. The van der Waals surface area contributed by atoms with Gasteiger partial charge in [0.2, 0.25) is 5.95 Å². The minimum absolute atomic E-state index is 0.265. The Labute approximate surface area is 167 Å². The third-order valence-corrected chi connectivity index (χ3v) is 4.62. The number of nitrogens with one attached hydrogen (secondary N) is 1. The van der Waals surface area contributed by atoms with E-state index in [0.29, 0.717) is 28.6 Å². The van der Waals surface area contributed by atoms with Gasteiger partial charge in [-0.1, -0.05) is 12.1 Å². The van der Waals surface area contributed by atoms with E-state index in [2.05, 4.69) is 26.5 Å². The van der Waals surface area contributed by atoms with Gasteiger partial charge in [0.25, 0.3) is 0 Å². The van der Waals surface area contributed by atoms with E-state index in [1.54, 1.807) is 36.1 Å². The molecule has 0 amide bonds. The largest absolute Gasteiger partial charge is 0.463 e. The van der Waals surface area contributed by atoms with Crippen molar-refractivity contribution in [2.45, 2.75) is 19.9 Å². The maximum absolute atomic E-state index is 12.8. The minimum Gasteiger partial charge on any atom is -0.463 e.